The number of rotatable bonds is 4. The van der Waals surface area contributed by atoms with Gasteiger partial charge in [-0.2, -0.15) is 11.8 Å². The molecule has 0 radical (unpaired) electrons. The lowest BCUT2D eigenvalue weighted by atomic mass is 9.95. The quantitative estimate of drug-likeness (QED) is 0.819. The Bertz CT molecular complexity index is 334. The molecule has 0 aromatic rings. The molecule has 2 saturated carbocycles. The van der Waals surface area contributed by atoms with Crippen molar-refractivity contribution >= 4 is 23.6 Å². The summed E-state index contributed by atoms with van der Waals surface area (Å²) in [7, 11) is 0. The average Bonchev–Trinajstić information content (AvgIpc) is 2.96. The minimum atomic E-state index is -0.818. The van der Waals surface area contributed by atoms with Crippen molar-refractivity contribution in [1.29, 1.82) is 0 Å². The number of carboxylic acids is 1. The molecule has 0 aliphatic heterocycles. The van der Waals surface area contributed by atoms with E-state index in [2.05, 4.69) is 11.6 Å². The summed E-state index contributed by atoms with van der Waals surface area (Å²) in [4.78, 5) is 23.2. The minimum absolute atomic E-state index is 0.0355. The van der Waals surface area contributed by atoms with E-state index in [1.54, 1.807) is 0 Å². The zero-order valence-electron chi connectivity index (χ0n) is 10.7. The molecule has 2 rings (SSSR count). The van der Waals surface area contributed by atoms with Gasteiger partial charge < -0.3 is 10.4 Å². The zero-order valence-corrected chi connectivity index (χ0v) is 11.5. The molecule has 0 heterocycles. The maximum Gasteiger partial charge on any atom is 0.307 e. The van der Waals surface area contributed by atoms with Crippen molar-refractivity contribution in [3.05, 3.63) is 0 Å². The molecule has 2 aliphatic rings. The number of thioether (sulfide) groups is 1. The number of nitrogens with one attached hydrogen (secondary N) is 1. The molecular formula is C13H21NO3S. The molecule has 18 heavy (non-hydrogen) atoms. The molecule has 1 amide bonds. The standard InChI is InChI=1S/C13H21NO3S/c1-18-9-6-5-8(7-9)14-12(15)10-3-2-4-11(10)13(16)17/h8-11H,2-7H2,1H3,(H,14,15)(H,16,17)/t8?,9?,10-,11+/m1/s1. The summed E-state index contributed by atoms with van der Waals surface area (Å²) in [6, 6.07) is 0.255. The fourth-order valence-electron chi connectivity index (χ4n) is 3.16. The van der Waals surface area contributed by atoms with Crippen LogP contribution in [0.5, 0.6) is 0 Å². The van der Waals surface area contributed by atoms with Crippen molar-refractivity contribution in [1.82, 2.24) is 5.32 Å². The van der Waals surface area contributed by atoms with E-state index in [0.29, 0.717) is 11.7 Å². The fourth-order valence-corrected chi connectivity index (χ4v) is 3.96. The summed E-state index contributed by atoms with van der Waals surface area (Å²) in [6.07, 6.45) is 7.53. The number of carboxylic acid groups (broad SMARTS) is 1. The number of amides is 1. The van der Waals surface area contributed by atoms with Crippen LogP contribution in [0.3, 0.4) is 0 Å². The Morgan fingerprint density at radius 1 is 1.17 bits per heavy atom. The van der Waals surface area contributed by atoms with Crippen LogP contribution in [0.4, 0.5) is 0 Å². The third-order valence-electron chi connectivity index (χ3n) is 4.23. The maximum atomic E-state index is 12.1. The van der Waals surface area contributed by atoms with E-state index in [1.165, 1.54) is 0 Å². The van der Waals surface area contributed by atoms with Crippen molar-refractivity contribution in [2.75, 3.05) is 6.26 Å². The van der Waals surface area contributed by atoms with Gasteiger partial charge in [-0.15, -0.1) is 0 Å². The number of carbonyl (C=O) groups excluding carboxylic acids is 1. The van der Waals surface area contributed by atoms with Crippen LogP contribution in [0.25, 0.3) is 0 Å². The highest BCUT2D eigenvalue weighted by Crippen LogP contribution is 2.33. The first kappa shape index (κ1) is 13.7. The minimum Gasteiger partial charge on any atom is -0.481 e. The Morgan fingerprint density at radius 2 is 1.89 bits per heavy atom. The predicted molar refractivity (Wildman–Crippen MR) is 71.6 cm³/mol. The van der Waals surface area contributed by atoms with Crippen LogP contribution < -0.4 is 5.32 Å². The Balaban J connectivity index is 1.86. The monoisotopic (exact) mass is 271 g/mol. The molecule has 0 bridgehead atoms. The third kappa shape index (κ3) is 2.99. The molecule has 0 aromatic heterocycles. The maximum absolute atomic E-state index is 12.1. The molecule has 4 nitrogen and oxygen atoms in total. The van der Waals surface area contributed by atoms with E-state index in [9.17, 15) is 9.59 Å². The fraction of sp³-hybridized carbons (Fsp3) is 0.846. The first-order chi connectivity index (χ1) is 8.61. The van der Waals surface area contributed by atoms with E-state index < -0.39 is 11.9 Å². The van der Waals surface area contributed by atoms with E-state index >= 15 is 0 Å². The van der Waals surface area contributed by atoms with Crippen molar-refractivity contribution < 1.29 is 14.7 Å². The van der Waals surface area contributed by atoms with Crippen LogP contribution in [0, 0.1) is 11.8 Å². The second-order valence-corrected chi connectivity index (χ2v) is 6.50. The molecule has 0 saturated heterocycles. The molecule has 0 aromatic carbocycles. The van der Waals surface area contributed by atoms with Crippen molar-refractivity contribution in [3.63, 3.8) is 0 Å². The van der Waals surface area contributed by atoms with Crippen LogP contribution in [-0.2, 0) is 9.59 Å². The Labute approximate surface area is 112 Å². The van der Waals surface area contributed by atoms with Crippen molar-refractivity contribution in [3.8, 4) is 0 Å². The molecule has 2 fully saturated rings. The Morgan fingerprint density at radius 3 is 2.50 bits per heavy atom. The molecule has 2 unspecified atom stereocenters. The number of hydrogen-bond donors (Lipinski definition) is 2. The second kappa shape index (κ2) is 5.95. The van der Waals surface area contributed by atoms with Gasteiger partial charge in [0.1, 0.15) is 0 Å². The molecule has 2 N–H and O–H groups in total. The molecule has 5 heteroatoms. The van der Waals surface area contributed by atoms with Gasteiger partial charge in [0.2, 0.25) is 5.91 Å². The van der Waals surface area contributed by atoms with Gasteiger partial charge in [0, 0.05) is 11.3 Å². The predicted octanol–water partition coefficient (Wildman–Crippen LogP) is 1.89. The SMILES string of the molecule is CSC1CCC(NC(=O)[C@@H]2CCC[C@@H]2C(=O)O)C1. The summed E-state index contributed by atoms with van der Waals surface area (Å²) in [5.74, 6) is -1.63. The molecule has 0 spiro atoms. The van der Waals surface area contributed by atoms with Crippen molar-refractivity contribution in [2.45, 2.75) is 49.8 Å². The van der Waals surface area contributed by atoms with E-state index in [1.807, 2.05) is 11.8 Å². The summed E-state index contributed by atoms with van der Waals surface area (Å²) < 4.78 is 0. The van der Waals surface area contributed by atoms with Crippen LogP contribution in [0.2, 0.25) is 0 Å². The van der Waals surface area contributed by atoms with E-state index in [4.69, 9.17) is 5.11 Å². The molecule has 2 aliphatic carbocycles. The average molecular weight is 271 g/mol. The topological polar surface area (TPSA) is 66.4 Å². The summed E-state index contributed by atoms with van der Waals surface area (Å²) in [5, 5.41) is 12.8. The second-order valence-electron chi connectivity index (χ2n) is 5.36. The Hall–Kier alpha value is -0.710. The van der Waals surface area contributed by atoms with Crippen LogP contribution in [-0.4, -0.2) is 34.5 Å². The normalized spacial score (nSPS) is 35.6. The van der Waals surface area contributed by atoms with E-state index in [0.717, 1.165) is 32.1 Å². The van der Waals surface area contributed by atoms with Gasteiger partial charge in [0.25, 0.3) is 0 Å². The lowest BCUT2D eigenvalue weighted by Crippen LogP contribution is -2.40. The molecular weight excluding hydrogens is 250 g/mol. The first-order valence-corrected chi connectivity index (χ1v) is 7.96. The van der Waals surface area contributed by atoms with Gasteiger partial charge in [0.15, 0.2) is 0 Å². The highest BCUT2D eigenvalue weighted by Gasteiger charge is 2.38. The Kier molecular flexibility index (Phi) is 4.54. The van der Waals surface area contributed by atoms with Crippen LogP contribution >= 0.6 is 11.8 Å². The zero-order chi connectivity index (χ0) is 13.1. The number of carbonyl (C=O) groups is 2. The molecule has 4 atom stereocenters. The highest BCUT2D eigenvalue weighted by molar-refractivity contribution is 7.99. The lowest BCUT2D eigenvalue weighted by molar-refractivity contribution is -0.146. The van der Waals surface area contributed by atoms with Gasteiger partial charge in [-0.05, 0) is 38.4 Å². The summed E-state index contributed by atoms with van der Waals surface area (Å²) in [5.41, 5.74) is 0. The summed E-state index contributed by atoms with van der Waals surface area (Å²) in [6.45, 7) is 0. The van der Waals surface area contributed by atoms with Gasteiger partial charge in [-0.3, -0.25) is 9.59 Å². The van der Waals surface area contributed by atoms with Gasteiger partial charge >= 0.3 is 5.97 Å². The largest absolute Gasteiger partial charge is 0.481 e. The van der Waals surface area contributed by atoms with Gasteiger partial charge in [-0.25, -0.2) is 0 Å². The van der Waals surface area contributed by atoms with Gasteiger partial charge in [-0.1, -0.05) is 6.42 Å². The first-order valence-electron chi connectivity index (χ1n) is 6.67. The van der Waals surface area contributed by atoms with E-state index in [-0.39, 0.29) is 17.9 Å². The van der Waals surface area contributed by atoms with Gasteiger partial charge in [0.05, 0.1) is 11.8 Å². The number of aliphatic carboxylic acids is 1. The van der Waals surface area contributed by atoms with Crippen LogP contribution in [0.15, 0.2) is 0 Å². The molecule has 102 valence electrons. The van der Waals surface area contributed by atoms with Crippen molar-refractivity contribution in [2.24, 2.45) is 11.8 Å². The highest BCUT2D eigenvalue weighted by atomic mass is 32.2. The number of hydrogen-bond acceptors (Lipinski definition) is 3. The third-order valence-corrected chi connectivity index (χ3v) is 5.33. The summed E-state index contributed by atoms with van der Waals surface area (Å²) >= 11 is 1.86. The lowest BCUT2D eigenvalue weighted by Gasteiger charge is -2.19. The smallest absolute Gasteiger partial charge is 0.307 e. The van der Waals surface area contributed by atoms with Crippen LogP contribution in [0.1, 0.15) is 38.5 Å².